The second-order valence-electron chi connectivity index (χ2n) is 7.49. The first-order valence-electron chi connectivity index (χ1n) is 8.65. The van der Waals surface area contributed by atoms with Gasteiger partial charge in [-0.05, 0) is 39.3 Å². The number of hydrogen-bond donors (Lipinski definition) is 1. The highest BCUT2D eigenvalue weighted by molar-refractivity contribution is 5.84. The lowest BCUT2D eigenvalue weighted by Crippen LogP contribution is -2.54. The Morgan fingerprint density at radius 1 is 1.33 bits per heavy atom. The van der Waals surface area contributed by atoms with Crippen LogP contribution in [-0.4, -0.2) is 54.1 Å². The van der Waals surface area contributed by atoms with Crippen molar-refractivity contribution in [2.75, 3.05) is 20.6 Å². The van der Waals surface area contributed by atoms with Crippen LogP contribution in [0.5, 0.6) is 0 Å². The number of carbonyl (C=O) groups excluding carboxylic acids is 1. The fraction of sp³-hybridized carbons (Fsp3) is 0.941. The summed E-state index contributed by atoms with van der Waals surface area (Å²) in [6, 6.07) is 0.0306. The van der Waals surface area contributed by atoms with E-state index in [0.717, 1.165) is 19.4 Å². The summed E-state index contributed by atoms with van der Waals surface area (Å²) in [4.78, 5) is 17.3. The molecule has 2 rings (SSSR count). The third-order valence-electron chi connectivity index (χ3n) is 5.45. The summed E-state index contributed by atoms with van der Waals surface area (Å²) in [7, 11) is 4.35. The first-order valence-corrected chi connectivity index (χ1v) is 8.65. The van der Waals surface area contributed by atoms with Crippen LogP contribution in [-0.2, 0) is 4.79 Å². The van der Waals surface area contributed by atoms with E-state index in [9.17, 15) is 4.79 Å². The van der Waals surface area contributed by atoms with E-state index < -0.39 is 0 Å². The van der Waals surface area contributed by atoms with Crippen LogP contribution in [0.2, 0.25) is 0 Å². The molecule has 1 aliphatic carbocycles. The molecule has 1 saturated heterocycles. The molecule has 0 aromatic rings. The Morgan fingerprint density at radius 2 is 1.95 bits per heavy atom. The zero-order chi connectivity index (χ0) is 15.6. The fourth-order valence-corrected chi connectivity index (χ4v) is 4.03. The average Bonchev–Trinajstić information content (AvgIpc) is 3.00. The summed E-state index contributed by atoms with van der Waals surface area (Å²) >= 11 is 0. The molecule has 0 spiro atoms. The van der Waals surface area contributed by atoms with E-state index in [-0.39, 0.29) is 17.7 Å². The summed E-state index contributed by atoms with van der Waals surface area (Å²) in [6.45, 7) is 7.46. The number of carbonyl (C=O) groups is 1. The molecule has 0 aromatic carbocycles. The van der Waals surface area contributed by atoms with Gasteiger partial charge in [-0.25, -0.2) is 0 Å². The second kappa shape index (κ2) is 6.66. The Morgan fingerprint density at radius 3 is 2.43 bits per heavy atom. The summed E-state index contributed by atoms with van der Waals surface area (Å²) in [5, 5.41) is 3.58. The zero-order valence-corrected chi connectivity index (χ0v) is 14.5. The highest BCUT2D eigenvalue weighted by Crippen LogP contribution is 2.36. The second-order valence-corrected chi connectivity index (χ2v) is 7.49. The normalized spacial score (nSPS) is 29.1. The third kappa shape index (κ3) is 3.26. The van der Waals surface area contributed by atoms with Crippen LogP contribution >= 0.6 is 0 Å². The highest BCUT2D eigenvalue weighted by Gasteiger charge is 2.45. The van der Waals surface area contributed by atoms with Gasteiger partial charge >= 0.3 is 0 Å². The Balaban J connectivity index is 2.16. The average molecular weight is 295 g/mol. The van der Waals surface area contributed by atoms with Crippen molar-refractivity contribution < 1.29 is 4.79 Å². The standard InChI is InChI=1S/C17H33N3O/c1-6-9-14-16(21)20(15(18-14)13(2)3)12-17(19(4)5)10-7-8-11-17/h13-15,18H,6-12H2,1-5H3. The van der Waals surface area contributed by atoms with E-state index in [4.69, 9.17) is 0 Å². The molecule has 21 heavy (non-hydrogen) atoms. The molecule has 2 aliphatic rings. The summed E-state index contributed by atoms with van der Waals surface area (Å²) in [6.07, 6.45) is 7.22. The van der Waals surface area contributed by atoms with Crippen LogP contribution < -0.4 is 5.32 Å². The number of nitrogens with zero attached hydrogens (tertiary/aromatic N) is 2. The predicted octanol–water partition coefficient (Wildman–Crippen LogP) is 2.44. The fourth-order valence-electron chi connectivity index (χ4n) is 4.03. The molecule has 0 aromatic heterocycles. The molecular formula is C17H33N3O. The SMILES string of the molecule is CCCC1NC(C(C)C)N(CC2(N(C)C)CCCC2)C1=O. The van der Waals surface area contributed by atoms with Gasteiger partial charge in [-0.1, -0.05) is 40.0 Å². The third-order valence-corrected chi connectivity index (χ3v) is 5.45. The first kappa shape index (κ1) is 16.8. The van der Waals surface area contributed by atoms with Gasteiger partial charge in [-0.15, -0.1) is 0 Å². The van der Waals surface area contributed by atoms with Crippen LogP contribution in [0.25, 0.3) is 0 Å². The first-order chi connectivity index (χ1) is 9.91. The van der Waals surface area contributed by atoms with Crippen LogP contribution in [0.3, 0.4) is 0 Å². The minimum Gasteiger partial charge on any atom is -0.324 e. The maximum Gasteiger partial charge on any atom is 0.241 e. The Kier molecular flexibility index (Phi) is 5.31. The molecule has 0 radical (unpaired) electrons. The number of hydrogen-bond acceptors (Lipinski definition) is 3. The predicted molar refractivity (Wildman–Crippen MR) is 87.1 cm³/mol. The van der Waals surface area contributed by atoms with Gasteiger partial charge in [0.1, 0.15) is 0 Å². The Hall–Kier alpha value is -0.610. The van der Waals surface area contributed by atoms with Crippen LogP contribution in [0.15, 0.2) is 0 Å². The number of likely N-dealkylation sites (N-methyl/N-ethyl adjacent to an activating group) is 1. The van der Waals surface area contributed by atoms with Crippen molar-refractivity contribution >= 4 is 5.91 Å². The molecule has 1 aliphatic heterocycles. The maximum atomic E-state index is 12.8. The summed E-state index contributed by atoms with van der Waals surface area (Å²) < 4.78 is 0. The monoisotopic (exact) mass is 295 g/mol. The van der Waals surface area contributed by atoms with Gasteiger partial charge in [-0.2, -0.15) is 0 Å². The molecule has 4 heteroatoms. The van der Waals surface area contributed by atoms with Crippen molar-refractivity contribution in [2.45, 2.75) is 77.0 Å². The highest BCUT2D eigenvalue weighted by atomic mass is 16.2. The zero-order valence-electron chi connectivity index (χ0n) is 14.5. The van der Waals surface area contributed by atoms with Crippen molar-refractivity contribution in [3.05, 3.63) is 0 Å². The van der Waals surface area contributed by atoms with Gasteiger partial charge in [0.05, 0.1) is 12.2 Å². The lowest BCUT2D eigenvalue weighted by Gasteiger charge is -2.41. The minimum atomic E-state index is 0.0306. The van der Waals surface area contributed by atoms with Gasteiger partial charge < -0.3 is 9.80 Å². The van der Waals surface area contributed by atoms with E-state index >= 15 is 0 Å². The van der Waals surface area contributed by atoms with Crippen molar-refractivity contribution in [3.8, 4) is 0 Å². The molecule has 1 N–H and O–H groups in total. The van der Waals surface area contributed by atoms with E-state index in [0.29, 0.717) is 11.8 Å². The van der Waals surface area contributed by atoms with E-state index in [1.165, 1.54) is 25.7 Å². The van der Waals surface area contributed by atoms with Crippen molar-refractivity contribution in [1.29, 1.82) is 0 Å². The Bertz CT molecular complexity index is 361. The molecule has 1 saturated carbocycles. The van der Waals surface area contributed by atoms with Crippen LogP contribution in [0.1, 0.15) is 59.3 Å². The molecule has 1 amide bonds. The molecule has 122 valence electrons. The van der Waals surface area contributed by atoms with E-state index in [1.807, 2.05) is 0 Å². The van der Waals surface area contributed by atoms with E-state index in [2.05, 4.69) is 50.0 Å². The van der Waals surface area contributed by atoms with Crippen molar-refractivity contribution in [3.63, 3.8) is 0 Å². The smallest absolute Gasteiger partial charge is 0.241 e. The van der Waals surface area contributed by atoms with Crippen LogP contribution in [0, 0.1) is 5.92 Å². The molecular weight excluding hydrogens is 262 g/mol. The molecule has 4 nitrogen and oxygen atoms in total. The molecule has 2 fully saturated rings. The molecule has 1 heterocycles. The van der Waals surface area contributed by atoms with Gasteiger partial charge in [0.2, 0.25) is 5.91 Å². The number of nitrogens with one attached hydrogen (secondary N) is 1. The van der Waals surface area contributed by atoms with E-state index in [1.54, 1.807) is 0 Å². The Labute approximate surface area is 130 Å². The quantitative estimate of drug-likeness (QED) is 0.817. The molecule has 2 atom stereocenters. The molecule has 0 bridgehead atoms. The van der Waals surface area contributed by atoms with Gasteiger partial charge in [0, 0.05) is 12.1 Å². The van der Waals surface area contributed by atoms with Crippen molar-refractivity contribution in [2.24, 2.45) is 5.92 Å². The van der Waals surface area contributed by atoms with Crippen LogP contribution in [0.4, 0.5) is 0 Å². The number of rotatable bonds is 6. The minimum absolute atomic E-state index is 0.0306. The van der Waals surface area contributed by atoms with Crippen molar-refractivity contribution in [1.82, 2.24) is 15.1 Å². The lowest BCUT2D eigenvalue weighted by molar-refractivity contribution is -0.132. The maximum absolute atomic E-state index is 12.8. The van der Waals surface area contributed by atoms with Gasteiger partial charge in [0.25, 0.3) is 0 Å². The molecule has 2 unspecified atom stereocenters. The van der Waals surface area contributed by atoms with Gasteiger partial charge in [0.15, 0.2) is 0 Å². The topological polar surface area (TPSA) is 35.6 Å². The summed E-state index contributed by atoms with van der Waals surface area (Å²) in [5.74, 6) is 0.778. The van der Waals surface area contributed by atoms with Gasteiger partial charge in [-0.3, -0.25) is 10.1 Å². The largest absolute Gasteiger partial charge is 0.324 e. The lowest BCUT2D eigenvalue weighted by atomic mass is 9.94. The number of amides is 1. The summed E-state index contributed by atoms with van der Waals surface area (Å²) in [5.41, 5.74) is 0.186.